The summed E-state index contributed by atoms with van der Waals surface area (Å²) < 4.78 is 0. The van der Waals surface area contributed by atoms with Crippen LogP contribution in [0.1, 0.15) is 47.0 Å². The third-order valence-corrected chi connectivity index (χ3v) is 2.75. The number of hydrogen-bond acceptors (Lipinski definition) is 2. The number of halogens is 1. The van der Waals surface area contributed by atoms with Gasteiger partial charge in [-0.25, -0.2) is 0 Å². The van der Waals surface area contributed by atoms with E-state index in [1.807, 2.05) is 0 Å². The second-order valence-electron chi connectivity index (χ2n) is 5.16. The van der Waals surface area contributed by atoms with Crippen LogP contribution in [-0.4, -0.2) is 37.3 Å². The van der Waals surface area contributed by atoms with Gasteiger partial charge in [0, 0.05) is 26.2 Å². The van der Waals surface area contributed by atoms with Crippen LogP contribution >= 0.6 is 24.0 Å². The normalized spacial score (nSPS) is 13.1. The van der Waals surface area contributed by atoms with E-state index in [4.69, 9.17) is 5.11 Å². The molecule has 116 valence electrons. The first kappa shape index (κ1) is 21.3. The topological polar surface area (TPSA) is 56.6 Å². The van der Waals surface area contributed by atoms with E-state index >= 15 is 0 Å². The fourth-order valence-electron chi connectivity index (χ4n) is 1.80. The molecule has 0 fully saturated rings. The number of nitrogens with one attached hydrogen (secondary N) is 2. The third-order valence-electron chi connectivity index (χ3n) is 2.75. The Hall–Kier alpha value is -0.0400. The highest BCUT2D eigenvalue weighted by Crippen LogP contribution is 2.09. The minimum atomic E-state index is 0. The molecule has 0 saturated heterocycles. The highest BCUT2D eigenvalue weighted by Gasteiger charge is 2.08. The van der Waals surface area contributed by atoms with Crippen LogP contribution in [0.4, 0.5) is 0 Å². The predicted octanol–water partition coefficient (Wildman–Crippen LogP) is 2.61. The molecule has 0 aromatic heterocycles. The van der Waals surface area contributed by atoms with Crippen molar-refractivity contribution in [3.8, 4) is 0 Å². The van der Waals surface area contributed by atoms with Crippen LogP contribution < -0.4 is 10.6 Å². The molecule has 0 spiro atoms. The lowest BCUT2D eigenvalue weighted by Gasteiger charge is -2.18. The van der Waals surface area contributed by atoms with Crippen molar-refractivity contribution >= 4 is 29.9 Å². The number of nitrogens with zero attached hydrogens (tertiary/aromatic N) is 1. The fraction of sp³-hybridized carbons (Fsp3) is 0.929. The Kier molecular flexibility index (Phi) is 16.1. The summed E-state index contributed by atoms with van der Waals surface area (Å²) in [6.45, 7) is 11.5. The lowest BCUT2D eigenvalue weighted by atomic mass is 10.0. The van der Waals surface area contributed by atoms with Gasteiger partial charge in [0.25, 0.3) is 0 Å². The molecule has 0 saturated carbocycles. The van der Waals surface area contributed by atoms with Gasteiger partial charge in [-0.3, -0.25) is 4.99 Å². The molecule has 0 radical (unpaired) electrons. The Morgan fingerprint density at radius 3 is 2.32 bits per heavy atom. The average molecular weight is 385 g/mol. The van der Waals surface area contributed by atoms with E-state index in [2.05, 4.69) is 43.3 Å². The van der Waals surface area contributed by atoms with Crippen molar-refractivity contribution < 1.29 is 5.11 Å². The standard InChI is InChI=1S/C14H31N3O.HI/c1-5-7-13(8-9-18)11-17-14(15-6-2)16-10-12(3)4;/h12-13,18H,5-11H2,1-4H3,(H2,15,16,17);1H. The second kappa shape index (κ2) is 14.4. The average Bonchev–Trinajstić information content (AvgIpc) is 2.33. The molecule has 0 aromatic carbocycles. The molecule has 0 aliphatic heterocycles. The summed E-state index contributed by atoms with van der Waals surface area (Å²) >= 11 is 0. The molecular formula is C14H32IN3O. The molecule has 1 unspecified atom stereocenters. The summed E-state index contributed by atoms with van der Waals surface area (Å²) in [6, 6.07) is 0. The van der Waals surface area contributed by atoms with E-state index in [0.29, 0.717) is 11.8 Å². The predicted molar refractivity (Wildman–Crippen MR) is 94.3 cm³/mol. The molecule has 3 N–H and O–H groups in total. The first-order valence-corrected chi connectivity index (χ1v) is 7.27. The van der Waals surface area contributed by atoms with Crippen molar-refractivity contribution in [2.24, 2.45) is 16.8 Å². The molecule has 0 rings (SSSR count). The zero-order valence-corrected chi connectivity index (χ0v) is 15.2. The van der Waals surface area contributed by atoms with E-state index in [1.54, 1.807) is 0 Å². The first-order valence-electron chi connectivity index (χ1n) is 7.27. The number of guanidine groups is 1. The monoisotopic (exact) mass is 385 g/mol. The van der Waals surface area contributed by atoms with Crippen molar-refractivity contribution in [1.82, 2.24) is 10.6 Å². The van der Waals surface area contributed by atoms with Gasteiger partial charge < -0.3 is 15.7 Å². The number of aliphatic imine (C=N–C) groups is 1. The fourth-order valence-corrected chi connectivity index (χ4v) is 1.80. The van der Waals surface area contributed by atoms with Crippen molar-refractivity contribution in [1.29, 1.82) is 0 Å². The molecule has 1 atom stereocenters. The summed E-state index contributed by atoms with van der Waals surface area (Å²) in [5.41, 5.74) is 0. The van der Waals surface area contributed by atoms with Crippen molar-refractivity contribution in [3.63, 3.8) is 0 Å². The first-order chi connectivity index (χ1) is 8.63. The third kappa shape index (κ3) is 12.7. The van der Waals surface area contributed by atoms with Crippen LogP contribution in [0.3, 0.4) is 0 Å². The molecular weight excluding hydrogens is 353 g/mol. The van der Waals surface area contributed by atoms with Gasteiger partial charge in [0.05, 0.1) is 0 Å². The lowest BCUT2D eigenvalue weighted by Crippen LogP contribution is -2.40. The van der Waals surface area contributed by atoms with Gasteiger partial charge in [0.15, 0.2) is 5.96 Å². The quantitative estimate of drug-likeness (QED) is 0.325. The van der Waals surface area contributed by atoms with Crippen LogP contribution in [0.5, 0.6) is 0 Å². The molecule has 0 heterocycles. The van der Waals surface area contributed by atoms with E-state index in [0.717, 1.165) is 44.9 Å². The Labute approximate surface area is 135 Å². The van der Waals surface area contributed by atoms with Crippen LogP contribution in [0, 0.1) is 11.8 Å². The molecule has 5 heteroatoms. The van der Waals surface area contributed by atoms with Gasteiger partial charge in [-0.1, -0.05) is 27.2 Å². The van der Waals surface area contributed by atoms with Gasteiger partial charge >= 0.3 is 0 Å². The summed E-state index contributed by atoms with van der Waals surface area (Å²) in [6.07, 6.45) is 3.17. The lowest BCUT2D eigenvalue weighted by molar-refractivity contribution is 0.251. The van der Waals surface area contributed by atoms with E-state index < -0.39 is 0 Å². The van der Waals surface area contributed by atoms with E-state index in [9.17, 15) is 0 Å². The van der Waals surface area contributed by atoms with Crippen molar-refractivity contribution in [2.75, 3.05) is 26.2 Å². The maximum absolute atomic E-state index is 9.03. The van der Waals surface area contributed by atoms with Crippen LogP contribution in [0.25, 0.3) is 0 Å². The van der Waals surface area contributed by atoms with Gasteiger partial charge in [-0.05, 0) is 31.6 Å². The number of hydrogen-bond donors (Lipinski definition) is 3. The van der Waals surface area contributed by atoms with Gasteiger partial charge in [0.1, 0.15) is 0 Å². The summed E-state index contributed by atoms with van der Waals surface area (Å²) in [7, 11) is 0. The van der Waals surface area contributed by atoms with Crippen LogP contribution in [0.2, 0.25) is 0 Å². The van der Waals surface area contributed by atoms with Gasteiger partial charge in [0.2, 0.25) is 0 Å². The maximum Gasteiger partial charge on any atom is 0.191 e. The number of aliphatic hydroxyl groups excluding tert-OH is 1. The van der Waals surface area contributed by atoms with Gasteiger partial charge in [-0.15, -0.1) is 24.0 Å². The Bertz CT molecular complexity index is 217. The van der Waals surface area contributed by atoms with Gasteiger partial charge in [-0.2, -0.15) is 0 Å². The highest BCUT2D eigenvalue weighted by atomic mass is 127. The van der Waals surface area contributed by atoms with Crippen molar-refractivity contribution in [2.45, 2.75) is 47.0 Å². The summed E-state index contributed by atoms with van der Waals surface area (Å²) in [4.78, 5) is 4.54. The largest absolute Gasteiger partial charge is 0.396 e. The Morgan fingerprint density at radius 2 is 1.84 bits per heavy atom. The summed E-state index contributed by atoms with van der Waals surface area (Å²) in [5, 5.41) is 15.7. The van der Waals surface area contributed by atoms with E-state index in [-0.39, 0.29) is 30.6 Å². The molecule has 0 aromatic rings. The van der Waals surface area contributed by atoms with E-state index in [1.165, 1.54) is 0 Å². The molecule has 4 nitrogen and oxygen atoms in total. The highest BCUT2D eigenvalue weighted by molar-refractivity contribution is 14.0. The Morgan fingerprint density at radius 1 is 1.16 bits per heavy atom. The molecule has 0 amide bonds. The molecule has 19 heavy (non-hydrogen) atoms. The number of aliphatic hydroxyl groups is 1. The minimum Gasteiger partial charge on any atom is -0.396 e. The Balaban J connectivity index is 0. The summed E-state index contributed by atoms with van der Waals surface area (Å²) in [5.74, 6) is 2.00. The maximum atomic E-state index is 9.03. The van der Waals surface area contributed by atoms with Crippen LogP contribution in [-0.2, 0) is 0 Å². The van der Waals surface area contributed by atoms with Crippen LogP contribution in [0.15, 0.2) is 4.99 Å². The minimum absolute atomic E-state index is 0. The molecule has 0 aliphatic carbocycles. The SMILES string of the molecule is CCCC(CCO)CNC(=NCC(C)C)NCC.I. The zero-order chi connectivity index (χ0) is 13.8. The van der Waals surface area contributed by atoms with Crippen molar-refractivity contribution in [3.05, 3.63) is 0 Å². The molecule has 0 aliphatic rings. The molecule has 0 bridgehead atoms. The number of rotatable bonds is 9. The second-order valence-corrected chi connectivity index (χ2v) is 5.16. The zero-order valence-electron chi connectivity index (χ0n) is 12.9. The smallest absolute Gasteiger partial charge is 0.191 e.